The standard InChI is InChI=1S/C15H16ClN3OS/c1-3-21(2,20,14-6-4-5-9-17-14)15-18-12-8-7-11(16)10-13(12)19-15/h4-10H,3H2,1-2H3,(H,18,19). The highest BCUT2D eigenvalue weighted by Crippen LogP contribution is 2.38. The number of imidazole rings is 1. The molecule has 0 aliphatic carbocycles. The van der Waals surface area contributed by atoms with E-state index >= 15 is 0 Å². The fraction of sp³-hybridized carbons (Fsp3) is 0.200. The summed E-state index contributed by atoms with van der Waals surface area (Å²) in [4.78, 5) is 12.0. The third kappa shape index (κ3) is 2.17. The average Bonchev–Trinajstić information content (AvgIpc) is 2.92. The van der Waals surface area contributed by atoms with E-state index in [1.165, 1.54) is 0 Å². The molecular weight excluding hydrogens is 306 g/mol. The van der Waals surface area contributed by atoms with E-state index in [0.29, 0.717) is 21.0 Å². The highest BCUT2D eigenvalue weighted by molar-refractivity contribution is 8.19. The number of hydrogen-bond donors (Lipinski definition) is 1. The van der Waals surface area contributed by atoms with Gasteiger partial charge in [-0.15, -0.1) is 0 Å². The molecule has 110 valence electrons. The number of nitrogens with one attached hydrogen (secondary N) is 1. The van der Waals surface area contributed by atoms with Gasteiger partial charge in [-0.25, -0.2) is 9.97 Å². The molecule has 1 N–H and O–H groups in total. The Labute approximate surface area is 128 Å². The van der Waals surface area contributed by atoms with Gasteiger partial charge in [0.25, 0.3) is 0 Å². The molecular formula is C15H16ClN3OS. The monoisotopic (exact) mass is 321 g/mol. The molecule has 0 amide bonds. The zero-order chi connectivity index (χ0) is 15.1. The van der Waals surface area contributed by atoms with E-state index in [-0.39, 0.29) is 0 Å². The molecule has 2 heterocycles. The van der Waals surface area contributed by atoms with Gasteiger partial charge < -0.3 is 4.98 Å². The Morgan fingerprint density at radius 1 is 1.29 bits per heavy atom. The Morgan fingerprint density at radius 3 is 2.76 bits per heavy atom. The van der Waals surface area contributed by atoms with Gasteiger partial charge in [-0.1, -0.05) is 24.6 Å². The van der Waals surface area contributed by atoms with Gasteiger partial charge in [0, 0.05) is 23.2 Å². The van der Waals surface area contributed by atoms with Crippen LogP contribution in [0.5, 0.6) is 0 Å². The van der Waals surface area contributed by atoms with E-state index in [0.717, 1.165) is 11.0 Å². The fourth-order valence-corrected chi connectivity index (χ4v) is 4.68. The maximum atomic E-state index is 13.8. The minimum Gasteiger partial charge on any atom is -0.332 e. The van der Waals surface area contributed by atoms with E-state index in [4.69, 9.17) is 11.6 Å². The first-order valence-corrected chi connectivity index (χ1v) is 9.55. The number of benzene rings is 1. The van der Waals surface area contributed by atoms with Crippen LogP contribution in [0.25, 0.3) is 11.0 Å². The second-order valence-electron chi connectivity index (χ2n) is 5.20. The van der Waals surface area contributed by atoms with Crippen molar-refractivity contribution in [2.45, 2.75) is 17.1 Å². The average molecular weight is 322 g/mol. The maximum absolute atomic E-state index is 13.8. The van der Waals surface area contributed by atoms with Gasteiger partial charge in [0.1, 0.15) is 5.03 Å². The second kappa shape index (κ2) is 4.64. The predicted molar refractivity (Wildman–Crippen MR) is 86.5 cm³/mol. The van der Waals surface area contributed by atoms with Gasteiger partial charge in [-0.2, -0.15) is 0 Å². The molecule has 0 saturated carbocycles. The third-order valence-electron chi connectivity index (χ3n) is 3.81. The van der Waals surface area contributed by atoms with Crippen LogP contribution in [0.3, 0.4) is 0 Å². The summed E-state index contributed by atoms with van der Waals surface area (Å²) in [5.41, 5.74) is 1.53. The molecule has 21 heavy (non-hydrogen) atoms. The number of pyridine rings is 1. The minimum atomic E-state index is -3.35. The van der Waals surface area contributed by atoms with Crippen molar-refractivity contribution >= 4 is 31.7 Å². The number of fused-ring (bicyclic) bond motifs is 1. The van der Waals surface area contributed by atoms with Gasteiger partial charge in [0.15, 0.2) is 5.16 Å². The van der Waals surface area contributed by atoms with Crippen LogP contribution in [0, 0.1) is 0 Å². The molecule has 0 bridgehead atoms. The number of rotatable bonds is 3. The van der Waals surface area contributed by atoms with Crippen LogP contribution < -0.4 is 0 Å². The molecule has 0 spiro atoms. The van der Waals surface area contributed by atoms with E-state index in [9.17, 15) is 4.21 Å². The number of hydrogen-bond acceptors (Lipinski definition) is 3. The first-order chi connectivity index (χ1) is 9.93. The number of aromatic amines is 1. The van der Waals surface area contributed by atoms with Crippen molar-refractivity contribution < 1.29 is 4.21 Å². The van der Waals surface area contributed by atoms with Crippen molar-refractivity contribution in [2.75, 3.05) is 12.0 Å². The van der Waals surface area contributed by atoms with Crippen LogP contribution in [0.1, 0.15) is 6.92 Å². The van der Waals surface area contributed by atoms with Crippen molar-refractivity contribution in [2.24, 2.45) is 0 Å². The van der Waals surface area contributed by atoms with Gasteiger partial charge in [-0.3, -0.25) is 4.21 Å². The topological polar surface area (TPSA) is 58.6 Å². The highest BCUT2D eigenvalue weighted by Gasteiger charge is 2.38. The molecule has 0 unspecified atom stereocenters. The molecule has 0 fully saturated rings. The molecule has 0 aliphatic heterocycles. The van der Waals surface area contributed by atoms with Crippen molar-refractivity contribution in [3.63, 3.8) is 0 Å². The van der Waals surface area contributed by atoms with E-state index in [2.05, 4.69) is 15.0 Å². The van der Waals surface area contributed by atoms with E-state index in [1.807, 2.05) is 25.1 Å². The molecule has 0 atom stereocenters. The molecule has 0 aliphatic rings. The summed E-state index contributed by atoms with van der Waals surface area (Å²) in [7, 11) is -3.35. The Hall–Kier alpha value is -1.72. The molecule has 3 aromatic rings. The smallest absolute Gasteiger partial charge is 0.181 e. The minimum absolute atomic E-state index is 0.432. The van der Waals surface area contributed by atoms with Crippen molar-refractivity contribution in [3.05, 3.63) is 47.6 Å². The lowest BCUT2D eigenvalue weighted by molar-refractivity contribution is 0.648. The predicted octanol–water partition coefficient (Wildman–Crippen LogP) is 3.50. The number of aromatic nitrogens is 3. The van der Waals surface area contributed by atoms with Crippen molar-refractivity contribution in [1.29, 1.82) is 0 Å². The zero-order valence-electron chi connectivity index (χ0n) is 11.8. The Kier molecular flexibility index (Phi) is 3.15. The molecule has 0 saturated heterocycles. The highest BCUT2D eigenvalue weighted by atomic mass is 35.5. The van der Waals surface area contributed by atoms with Crippen LogP contribution in [0.2, 0.25) is 5.02 Å². The Morgan fingerprint density at radius 2 is 2.10 bits per heavy atom. The van der Waals surface area contributed by atoms with Crippen LogP contribution >= 0.6 is 11.6 Å². The van der Waals surface area contributed by atoms with Crippen molar-refractivity contribution in [3.8, 4) is 0 Å². The summed E-state index contributed by atoms with van der Waals surface area (Å²) in [6.07, 6.45) is 3.39. The summed E-state index contributed by atoms with van der Waals surface area (Å²) in [6.45, 7) is 1.89. The first kappa shape index (κ1) is 14.2. The maximum Gasteiger partial charge on any atom is 0.181 e. The quantitative estimate of drug-likeness (QED) is 0.803. The lowest BCUT2D eigenvalue weighted by atomic mass is 10.3. The van der Waals surface area contributed by atoms with Gasteiger partial charge in [-0.05, 0) is 39.4 Å². The summed E-state index contributed by atoms with van der Waals surface area (Å²) < 4.78 is 13.8. The SMILES string of the molecule is CCS(C)(=O)(c1ccccn1)c1nc2ccc(Cl)cc2[nH]1. The normalized spacial score (nSPS) is 14.0. The lowest BCUT2D eigenvalue weighted by Gasteiger charge is -2.34. The number of H-pyrrole nitrogens is 1. The Bertz CT molecular complexity index is 875. The molecule has 6 heteroatoms. The summed E-state index contributed by atoms with van der Waals surface area (Å²) in [5.74, 6) is 0.432. The number of nitrogens with zero attached hydrogens (tertiary/aromatic N) is 2. The largest absolute Gasteiger partial charge is 0.332 e. The molecule has 3 rings (SSSR count). The summed E-state index contributed by atoms with van der Waals surface area (Å²) in [5, 5.41) is 1.64. The third-order valence-corrected chi connectivity index (χ3v) is 7.97. The van der Waals surface area contributed by atoms with Crippen LogP contribution in [0.15, 0.2) is 52.8 Å². The second-order valence-corrected chi connectivity index (χ2v) is 10.1. The van der Waals surface area contributed by atoms with Crippen LogP contribution in [0.4, 0.5) is 0 Å². The summed E-state index contributed by atoms with van der Waals surface area (Å²) in [6, 6.07) is 10.8. The molecule has 0 radical (unpaired) electrons. The molecule has 2 aromatic heterocycles. The Balaban J connectivity index is 2.29. The number of halogens is 1. The van der Waals surface area contributed by atoms with E-state index in [1.54, 1.807) is 30.7 Å². The van der Waals surface area contributed by atoms with Crippen LogP contribution in [-0.2, 0) is 9.07 Å². The molecule has 4 nitrogen and oxygen atoms in total. The fourth-order valence-electron chi connectivity index (χ4n) is 2.26. The van der Waals surface area contributed by atoms with E-state index < -0.39 is 9.07 Å². The van der Waals surface area contributed by atoms with Crippen LogP contribution in [-0.4, -0.2) is 31.2 Å². The van der Waals surface area contributed by atoms with Crippen molar-refractivity contribution in [1.82, 2.24) is 15.0 Å². The van der Waals surface area contributed by atoms with Gasteiger partial charge in [0.2, 0.25) is 0 Å². The first-order valence-electron chi connectivity index (χ1n) is 6.62. The lowest BCUT2D eigenvalue weighted by Crippen LogP contribution is -2.36. The zero-order valence-corrected chi connectivity index (χ0v) is 13.4. The molecule has 1 aromatic carbocycles. The summed E-state index contributed by atoms with van der Waals surface area (Å²) >= 11 is 6.00. The van der Waals surface area contributed by atoms with Gasteiger partial charge >= 0.3 is 0 Å². The van der Waals surface area contributed by atoms with Gasteiger partial charge in [0.05, 0.1) is 11.0 Å².